The summed E-state index contributed by atoms with van der Waals surface area (Å²) in [6.45, 7) is 5.85. The van der Waals surface area contributed by atoms with Gasteiger partial charge in [0, 0.05) is 19.8 Å². The molecule has 0 atom stereocenters. The quantitative estimate of drug-likeness (QED) is 0.519. The van der Waals surface area contributed by atoms with Gasteiger partial charge >= 0.3 is 0 Å². The second-order valence-corrected chi connectivity index (χ2v) is 8.85. The van der Waals surface area contributed by atoms with Crippen molar-refractivity contribution in [1.29, 1.82) is 0 Å². The van der Waals surface area contributed by atoms with E-state index in [9.17, 15) is 13.2 Å². The molecule has 0 spiro atoms. The fourth-order valence-corrected chi connectivity index (χ4v) is 3.60. The molecule has 0 unspecified atom stereocenters. The van der Waals surface area contributed by atoms with E-state index < -0.39 is 10.0 Å². The van der Waals surface area contributed by atoms with E-state index in [1.54, 1.807) is 24.3 Å². The number of carbonyl (C=O) groups is 1. The van der Waals surface area contributed by atoms with Crippen molar-refractivity contribution < 1.29 is 22.7 Å². The maximum absolute atomic E-state index is 12.3. The van der Waals surface area contributed by atoms with Crippen LogP contribution in [-0.2, 0) is 26.1 Å². The van der Waals surface area contributed by atoms with E-state index in [1.807, 2.05) is 38.1 Å². The number of amides is 1. The van der Waals surface area contributed by atoms with Gasteiger partial charge in [0.15, 0.2) is 6.61 Å². The standard InChI is InChI=1S/C22H30N2O5S/c1-4-28-15-5-14-23-22(25)17-29-21-12-10-20(11-13-21)24(30(3,26)27)16-19-8-6-18(2)7-9-19/h6-13H,4-5,14-17H2,1-3H3,(H,23,25). The van der Waals surface area contributed by atoms with Crippen molar-refractivity contribution in [3.8, 4) is 5.75 Å². The first-order valence-electron chi connectivity index (χ1n) is 9.90. The van der Waals surface area contributed by atoms with Crippen LogP contribution in [0.1, 0.15) is 24.5 Å². The predicted octanol–water partition coefficient (Wildman–Crippen LogP) is 2.88. The van der Waals surface area contributed by atoms with Crippen molar-refractivity contribution in [3.63, 3.8) is 0 Å². The lowest BCUT2D eigenvalue weighted by Gasteiger charge is -2.23. The van der Waals surface area contributed by atoms with Crippen LogP contribution in [0.3, 0.4) is 0 Å². The molecular weight excluding hydrogens is 404 g/mol. The third kappa shape index (κ3) is 8.04. The maximum Gasteiger partial charge on any atom is 0.257 e. The summed E-state index contributed by atoms with van der Waals surface area (Å²) in [6, 6.07) is 14.4. The third-order valence-corrected chi connectivity index (χ3v) is 5.47. The summed E-state index contributed by atoms with van der Waals surface area (Å²) in [7, 11) is -3.46. The molecule has 2 aromatic carbocycles. The molecule has 0 aliphatic heterocycles. The summed E-state index contributed by atoms with van der Waals surface area (Å²) >= 11 is 0. The lowest BCUT2D eigenvalue weighted by atomic mass is 10.1. The third-order valence-electron chi connectivity index (χ3n) is 4.33. The first kappa shape index (κ1) is 23.7. The summed E-state index contributed by atoms with van der Waals surface area (Å²) in [5, 5.41) is 2.76. The molecular formula is C22H30N2O5S. The monoisotopic (exact) mass is 434 g/mol. The molecule has 0 radical (unpaired) electrons. The van der Waals surface area contributed by atoms with Gasteiger partial charge in [0.25, 0.3) is 5.91 Å². The van der Waals surface area contributed by atoms with Gasteiger partial charge in [-0.05, 0) is 50.1 Å². The first-order chi connectivity index (χ1) is 14.3. The van der Waals surface area contributed by atoms with E-state index in [4.69, 9.17) is 9.47 Å². The minimum atomic E-state index is -3.46. The Balaban J connectivity index is 1.93. The van der Waals surface area contributed by atoms with Gasteiger partial charge < -0.3 is 14.8 Å². The number of nitrogens with zero attached hydrogens (tertiary/aromatic N) is 1. The Morgan fingerprint density at radius 2 is 1.73 bits per heavy atom. The lowest BCUT2D eigenvalue weighted by molar-refractivity contribution is -0.123. The Morgan fingerprint density at radius 3 is 2.33 bits per heavy atom. The highest BCUT2D eigenvalue weighted by Gasteiger charge is 2.18. The molecule has 2 rings (SSSR count). The normalized spacial score (nSPS) is 11.2. The van der Waals surface area contributed by atoms with Crippen molar-refractivity contribution in [2.45, 2.75) is 26.8 Å². The minimum absolute atomic E-state index is 0.104. The molecule has 0 saturated heterocycles. The average molecular weight is 435 g/mol. The van der Waals surface area contributed by atoms with Crippen molar-refractivity contribution >= 4 is 21.6 Å². The molecule has 8 heteroatoms. The van der Waals surface area contributed by atoms with Crippen LogP contribution in [0, 0.1) is 6.92 Å². The highest BCUT2D eigenvalue weighted by Crippen LogP contribution is 2.23. The predicted molar refractivity (Wildman–Crippen MR) is 118 cm³/mol. The van der Waals surface area contributed by atoms with Crippen molar-refractivity contribution in [2.75, 3.05) is 36.9 Å². The van der Waals surface area contributed by atoms with Gasteiger partial charge in [-0.3, -0.25) is 9.10 Å². The first-order valence-corrected chi connectivity index (χ1v) is 11.7. The molecule has 0 fully saturated rings. The van der Waals surface area contributed by atoms with Gasteiger partial charge in [0.2, 0.25) is 10.0 Å². The zero-order chi connectivity index (χ0) is 22.0. The Morgan fingerprint density at radius 1 is 1.07 bits per heavy atom. The Kier molecular flexibility index (Phi) is 9.14. The summed E-state index contributed by atoms with van der Waals surface area (Å²) < 4.78 is 36.6. The number of rotatable bonds is 12. The van der Waals surface area contributed by atoms with E-state index in [0.29, 0.717) is 31.2 Å². The molecule has 0 aliphatic carbocycles. The topological polar surface area (TPSA) is 84.9 Å². The summed E-state index contributed by atoms with van der Waals surface area (Å²) in [4.78, 5) is 11.8. The van der Waals surface area contributed by atoms with E-state index >= 15 is 0 Å². The Labute approximate surface area is 179 Å². The number of anilines is 1. The molecule has 30 heavy (non-hydrogen) atoms. The molecule has 2 aromatic rings. The van der Waals surface area contributed by atoms with Crippen molar-refractivity contribution in [3.05, 3.63) is 59.7 Å². The zero-order valence-electron chi connectivity index (χ0n) is 17.8. The fraction of sp³-hybridized carbons (Fsp3) is 0.409. The van der Waals surface area contributed by atoms with E-state index in [0.717, 1.165) is 17.5 Å². The van der Waals surface area contributed by atoms with E-state index in [1.165, 1.54) is 10.6 Å². The van der Waals surface area contributed by atoms with Crippen LogP contribution in [0.5, 0.6) is 5.75 Å². The number of carbonyl (C=O) groups excluding carboxylic acids is 1. The number of sulfonamides is 1. The summed E-state index contributed by atoms with van der Waals surface area (Å²) in [6.07, 6.45) is 1.93. The highest BCUT2D eigenvalue weighted by molar-refractivity contribution is 7.92. The van der Waals surface area contributed by atoms with Gasteiger partial charge in [-0.15, -0.1) is 0 Å². The SMILES string of the molecule is CCOCCCNC(=O)COc1ccc(N(Cc2ccc(C)cc2)S(C)(=O)=O)cc1. The molecule has 0 heterocycles. The Bertz CT molecular complexity index is 896. The molecule has 0 bridgehead atoms. The van der Waals surface area contributed by atoms with Crippen LogP contribution in [0.25, 0.3) is 0 Å². The average Bonchev–Trinajstić information content (AvgIpc) is 2.71. The van der Waals surface area contributed by atoms with Gasteiger partial charge in [0.1, 0.15) is 5.75 Å². The number of benzene rings is 2. The van der Waals surface area contributed by atoms with Gasteiger partial charge in [-0.2, -0.15) is 0 Å². The molecule has 0 aliphatic rings. The fourth-order valence-electron chi connectivity index (χ4n) is 2.71. The van der Waals surface area contributed by atoms with Crippen LogP contribution in [0.2, 0.25) is 0 Å². The van der Waals surface area contributed by atoms with Crippen molar-refractivity contribution in [2.24, 2.45) is 0 Å². The van der Waals surface area contributed by atoms with E-state index in [2.05, 4.69) is 5.32 Å². The zero-order valence-corrected chi connectivity index (χ0v) is 18.6. The van der Waals surface area contributed by atoms with Crippen LogP contribution in [0.4, 0.5) is 5.69 Å². The molecule has 7 nitrogen and oxygen atoms in total. The smallest absolute Gasteiger partial charge is 0.257 e. The maximum atomic E-state index is 12.3. The lowest BCUT2D eigenvalue weighted by Crippen LogP contribution is -2.30. The summed E-state index contributed by atoms with van der Waals surface area (Å²) in [5.41, 5.74) is 2.54. The number of nitrogens with one attached hydrogen (secondary N) is 1. The van der Waals surface area contributed by atoms with Gasteiger partial charge in [-0.25, -0.2) is 8.42 Å². The molecule has 0 aromatic heterocycles. The van der Waals surface area contributed by atoms with Crippen LogP contribution in [0.15, 0.2) is 48.5 Å². The molecule has 0 saturated carbocycles. The van der Waals surface area contributed by atoms with Crippen LogP contribution >= 0.6 is 0 Å². The van der Waals surface area contributed by atoms with Crippen molar-refractivity contribution in [1.82, 2.24) is 5.32 Å². The van der Waals surface area contributed by atoms with Gasteiger partial charge in [0.05, 0.1) is 18.5 Å². The van der Waals surface area contributed by atoms with Gasteiger partial charge in [-0.1, -0.05) is 29.8 Å². The Hall–Kier alpha value is -2.58. The number of hydrogen-bond acceptors (Lipinski definition) is 5. The van der Waals surface area contributed by atoms with Crippen LogP contribution in [-0.4, -0.2) is 46.9 Å². The number of hydrogen-bond donors (Lipinski definition) is 1. The summed E-state index contributed by atoms with van der Waals surface area (Å²) in [5.74, 6) is 0.278. The van der Waals surface area contributed by atoms with Crippen LogP contribution < -0.4 is 14.4 Å². The highest BCUT2D eigenvalue weighted by atomic mass is 32.2. The molecule has 1 N–H and O–H groups in total. The second-order valence-electron chi connectivity index (χ2n) is 6.94. The molecule has 1 amide bonds. The number of ether oxygens (including phenoxy) is 2. The minimum Gasteiger partial charge on any atom is -0.484 e. The molecule has 164 valence electrons. The van der Waals surface area contributed by atoms with E-state index in [-0.39, 0.29) is 19.1 Å². The largest absolute Gasteiger partial charge is 0.484 e. The second kappa shape index (κ2) is 11.6. The number of aryl methyl sites for hydroxylation is 1.